The van der Waals surface area contributed by atoms with Crippen molar-refractivity contribution < 1.29 is 4.79 Å². The van der Waals surface area contributed by atoms with Gasteiger partial charge in [-0.3, -0.25) is 4.79 Å². The molecule has 1 fully saturated rings. The van der Waals surface area contributed by atoms with E-state index in [0.717, 1.165) is 17.2 Å². The van der Waals surface area contributed by atoms with E-state index in [4.69, 9.17) is 0 Å². The van der Waals surface area contributed by atoms with Crippen molar-refractivity contribution in [3.8, 4) is 0 Å². The Balaban J connectivity index is 1.72. The highest BCUT2D eigenvalue weighted by molar-refractivity contribution is 7.09. The maximum atomic E-state index is 11.9. The summed E-state index contributed by atoms with van der Waals surface area (Å²) in [5.74, 6) is 0.211. The van der Waals surface area contributed by atoms with Gasteiger partial charge in [0.15, 0.2) is 0 Å². The average Bonchev–Trinajstić information content (AvgIpc) is 3.04. The molecule has 0 bridgehead atoms. The smallest absolute Gasteiger partial charge is 0.236 e. The molecule has 17 heavy (non-hydrogen) atoms. The number of thiazole rings is 1. The molecule has 5 heteroatoms. The quantitative estimate of drug-likeness (QED) is 0.836. The monoisotopic (exact) mass is 253 g/mol. The summed E-state index contributed by atoms with van der Waals surface area (Å²) in [4.78, 5) is 18.2. The third-order valence-electron chi connectivity index (χ3n) is 2.87. The van der Waals surface area contributed by atoms with Gasteiger partial charge < -0.3 is 10.2 Å². The van der Waals surface area contributed by atoms with E-state index in [2.05, 4.69) is 10.3 Å². The van der Waals surface area contributed by atoms with Crippen molar-refractivity contribution in [2.75, 3.05) is 13.1 Å². The second-order valence-electron chi connectivity index (χ2n) is 4.40. The minimum absolute atomic E-state index is 0.211. The van der Waals surface area contributed by atoms with Crippen LogP contribution in [0.2, 0.25) is 0 Å². The van der Waals surface area contributed by atoms with Crippen molar-refractivity contribution in [1.29, 1.82) is 0 Å². The lowest BCUT2D eigenvalue weighted by Gasteiger charge is -2.20. The number of nitrogens with zero attached hydrogens (tertiary/aromatic N) is 2. The number of aryl methyl sites for hydroxylation is 1. The number of aromatic nitrogens is 1. The number of carbonyl (C=O) groups is 1. The molecule has 94 valence electrons. The number of nitrogens with one attached hydrogen (secondary N) is 1. The molecule has 1 aliphatic carbocycles. The Labute approximate surface area is 106 Å². The van der Waals surface area contributed by atoms with Gasteiger partial charge in [0.05, 0.1) is 6.54 Å². The van der Waals surface area contributed by atoms with Gasteiger partial charge >= 0.3 is 0 Å². The summed E-state index contributed by atoms with van der Waals surface area (Å²) in [6, 6.07) is 0.511. The van der Waals surface area contributed by atoms with E-state index in [9.17, 15) is 4.79 Å². The van der Waals surface area contributed by atoms with E-state index >= 15 is 0 Å². The van der Waals surface area contributed by atoms with Crippen molar-refractivity contribution in [3.63, 3.8) is 0 Å². The maximum absolute atomic E-state index is 11.9. The minimum Gasteiger partial charge on any atom is -0.339 e. The third kappa shape index (κ3) is 3.51. The van der Waals surface area contributed by atoms with Gasteiger partial charge in [-0.15, -0.1) is 11.3 Å². The molecule has 0 aliphatic heterocycles. The second kappa shape index (κ2) is 5.60. The van der Waals surface area contributed by atoms with Crippen molar-refractivity contribution in [3.05, 3.63) is 16.1 Å². The van der Waals surface area contributed by atoms with Crippen LogP contribution in [0.25, 0.3) is 0 Å². The van der Waals surface area contributed by atoms with Gasteiger partial charge in [-0.2, -0.15) is 0 Å². The van der Waals surface area contributed by atoms with E-state index < -0.39 is 0 Å². The first-order valence-corrected chi connectivity index (χ1v) is 7.00. The van der Waals surface area contributed by atoms with Crippen molar-refractivity contribution >= 4 is 17.2 Å². The molecule has 1 heterocycles. The maximum Gasteiger partial charge on any atom is 0.236 e. The molecule has 0 spiro atoms. The number of carbonyl (C=O) groups excluding carboxylic acids is 1. The summed E-state index contributed by atoms with van der Waals surface area (Å²) in [7, 11) is 0. The fourth-order valence-corrected chi connectivity index (χ4v) is 2.63. The van der Waals surface area contributed by atoms with Gasteiger partial charge in [0.2, 0.25) is 5.91 Å². The van der Waals surface area contributed by atoms with Crippen LogP contribution in [0.3, 0.4) is 0 Å². The zero-order chi connectivity index (χ0) is 12.3. The van der Waals surface area contributed by atoms with E-state index in [1.807, 2.05) is 24.1 Å². The summed E-state index contributed by atoms with van der Waals surface area (Å²) < 4.78 is 0. The van der Waals surface area contributed by atoms with E-state index in [1.54, 1.807) is 11.3 Å². The molecule has 2 rings (SSSR count). The Kier molecular flexibility index (Phi) is 4.12. The number of hydrogen-bond acceptors (Lipinski definition) is 4. The molecule has 0 unspecified atom stereocenters. The zero-order valence-electron chi connectivity index (χ0n) is 10.4. The van der Waals surface area contributed by atoms with E-state index in [-0.39, 0.29) is 5.91 Å². The molecule has 0 radical (unpaired) electrons. The highest BCUT2D eigenvalue weighted by atomic mass is 32.1. The molecule has 1 aliphatic rings. The summed E-state index contributed by atoms with van der Waals surface area (Å²) in [5.41, 5.74) is 1.05. The molecule has 0 aromatic carbocycles. The summed E-state index contributed by atoms with van der Waals surface area (Å²) in [6.45, 7) is 5.95. The molecular weight excluding hydrogens is 234 g/mol. The van der Waals surface area contributed by atoms with Crippen LogP contribution in [0.1, 0.15) is 30.5 Å². The predicted octanol–water partition coefficient (Wildman–Crippen LogP) is 1.55. The van der Waals surface area contributed by atoms with Crippen LogP contribution in [0.4, 0.5) is 0 Å². The Morgan fingerprint density at radius 3 is 2.94 bits per heavy atom. The first-order valence-electron chi connectivity index (χ1n) is 6.12. The van der Waals surface area contributed by atoms with E-state index in [0.29, 0.717) is 19.1 Å². The van der Waals surface area contributed by atoms with Crippen LogP contribution in [-0.4, -0.2) is 34.9 Å². The summed E-state index contributed by atoms with van der Waals surface area (Å²) in [6.07, 6.45) is 2.34. The molecule has 0 atom stereocenters. The fourth-order valence-electron chi connectivity index (χ4n) is 1.89. The average molecular weight is 253 g/mol. The van der Waals surface area contributed by atoms with Crippen LogP contribution >= 0.6 is 11.3 Å². The summed E-state index contributed by atoms with van der Waals surface area (Å²) in [5, 5.41) is 6.24. The number of hydrogen-bond donors (Lipinski definition) is 1. The highest BCUT2D eigenvalue weighted by Gasteiger charge is 2.30. The van der Waals surface area contributed by atoms with Crippen molar-refractivity contribution in [2.45, 2.75) is 39.3 Å². The SMILES string of the molecule is CCN(C(=O)CNCc1nc(C)cs1)C1CC1. The molecule has 0 saturated heterocycles. The molecule has 1 aromatic rings. The number of rotatable bonds is 6. The van der Waals surface area contributed by atoms with Crippen LogP contribution < -0.4 is 5.32 Å². The highest BCUT2D eigenvalue weighted by Crippen LogP contribution is 2.26. The first kappa shape index (κ1) is 12.5. The van der Waals surface area contributed by atoms with Crippen molar-refractivity contribution in [2.24, 2.45) is 0 Å². The second-order valence-corrected chi connectivity index (χ2v) is 5.34. The zero-order valence-corrected chi connectivity index (χ0v) is 11.2. The molecule has 1 aromatic heterocycles. The van der Waals surface area contributed by atoms with Crippen LogP contribution in [0, 0.1) is 6.92 Å². The summed E-state index contributed by atoms with van der Waals surface area (Å²) >= 11 is 1.64. The first-order chi connectivity index (χ1) is 8.20. The van der Waals surface area contributed by atoms with Gasteiger partial charge in [0.25, 0.3) is 0 Å². The Morgan fingerprint density at radius 1 is 1.65 bits per heavy atom. The Bertz CT molecular complexity index is 387. The number of likely N-dealkylation sites (N-methyl/N-ethyl adjacent to an activating group) is 1. The topological polar surface area (TPSA) is 45.2 Å². The van der Waals surface area contributed by atoms with Crippen LogP contribution in [-0.2, 0) is 11.3 Å². The normalized spacial score (nSPS) is 14.9. The largest absolute Gasteiger partial charge is 0.339 e. The van der Waals surface area contributed by atoms with Gasteiger partial charge in [-0.05, 0) is 26.7 Å². The standard InChI is InChI=1S/C12H19N3OS/c1-3-15(10-4-5-10)12(16)7-13-6-11-14-9(2)8-17-11/h8,10,13H,3-7H2,1-2H3. The lowest BCUT2D eigenvalue weighted by molar-refractivity contribution is -0.130. The van der Waals surface area contributed by atoms with Gasteiger partial charge in [-0.25, -0.2) is 4.98 Å². The van der Waals surface area contributed by atoms with Crippen LogP contribution in [0.5, 0.6) is 0 Å². The van der Waals surface area contributed by atoms with E-state index in [1.165, 1.54) is 12.8 Å². The van der Waals surface area contributed by atoms with Gasteiger partial charge in [0, 0.05) is 30.2 Å². The molecule has 1 saturated carbocycles. The Hall–Kier alpha value is -0.940. The Morgan fingerprint density at radius 2 is 2.41 bits per heavy atom. The van der Waals surface area contributed by atoms with Crippen LogP contribution in [0.15, 0.2) is 5.38 Å². The van der Waals surface area contributed by atoms with Crippen molar-refractivity contribution in [1.82, 2.24) is 15.2 Å². The molecule has 1 amide bonds. The lowest BCUT2D eigenvalue weighted by Crippen LogP contribution is -2.39. The minimum atomic E-state index is 0.211. The number of amides is 1. The lowest BCUT2D eigenvalue weighted by atomic mass is 10.4. The molecular formula is C12H19N3OS. The molecule has 1 N–H and O–H groups in total. The molecule has 4 nitrogen and oxygen atoms in total. The van der Waals surface area contributed by atoms with Gasteiger partial charge in [0.1, 0.15) is 5.01 Å². The predicted molar refractivity (Wildman–Crippen MR) is 69.0 cm³/mol. The van der Waals surface area contributed by atoms with Gasteiger partial charge in [-0.1, -0.05) is 0 Å². The third-order valence-corrected chi connectivity index (χ3v) is 3.83. The fraction of sp³-hybridized carbons (Fsp3) is 0.667.